The lowest BCUT2D eigenvalue weighted by atomic mass is 9.94. The van der Waals surface area contributed by atoms with Crippen molar-refractivity contribution in [2.75, 3.05) is 0 Å². The van der Waals surface area contributed by atoms with Crippen LogP contribution < -0.4 is 0 Å². The maximum atomic E-state index is 10.0. The van der Waals surface area contributed by atoms with Gasteiger partial charge in [0.25, 0.3) is 0 Å². The minimum Gasteiger partial charge on any atom is -0.392 e. The smallest absolute Gasteiger partial charge is 0.0608 e. The number of hydrogen-bond acceptors (Lipinski definition) is 1. The van der Waals surface area contributed by atoms with Gasteiger partial charge in [0.2, 0.25) is 0 Å². The van der Waals surface area contributed by atoms with E-state index in [1.54, 1.807) is 0 Å². The number of benzene rings is 1. The molecule has 0 heterocycles. The molecule has 2 unspecified atom stereocenters. The van der Waals surface area contributed by atoms with Crippen LogP contribution in [-0.2, 0) is 6.42 Å². The molecule has 1 nitrogen and oxygen atoms in total. The fourth-order valence-electron chi connectivity index (χ4n) is 1.98. The Kier molecular flexibility index (Phi) is 3.32. The fraction of sp³-hybridized carbons (Fsp3) is 0.538. The molecule has 2 heteroatoms. The summed E-state index contributed by atoms with van der Waals surface area (Å²) < 4.78 is 0. The van der Waals surface area contributed by atoms with E-state index in [-0.39, 0.29) is 6.10 Å². The van der Waals surface area contributed by atoms with Gasteiger partial charge in [0, 0.05) is 5.02 Å². The predicted octanol–water partition coefficient (Wildman–Crippen LogP) is 3.29. The molecule has 1 aromatic carbocycles. The van der Waals surface area contributed by atoms with E-state index in [1.807, 2.05) is 24.3 Å². The van der Waals surface area contributed by atoms with Crippen molar-refractivity contribution < 1.29 is 5.11 Å². The van der Waals surface area contributed by atoms with E-state index >= 15 is 0 Å². The first-order valence-corrected chi connectivity index (χ1v) is 5.97. The summed E-state index contributed by atoms with van der Waals surface area (Å²) in [5, 5.41) is 10.8. The lowest BCUT2D eigenvalue weighted by Gasteiger charge is -2.18. The van der Waals surface area contributed by atoms with Crippen LogP contribution in [0.15, 0.2) is 24.3 Å². The average Bonchev–Trinajstić information content (AvgIpc) is 3.04. The molecule has 1 saturated carbocycles. The molecule has 15 heavy (non-hydrogen) atoms. The second-order valence-corrected chi connectivity index (χ2v) is 5.03. The van der Waals surface area contributed by atoms with Crippen molar-refractivity contribution in [2.24, 2.45) is 11.8 Å². The lowest BCUT2D eigenvalue weighted by Crippen LogP contribution is -2.21. The molecule has 0 amide bonds. The van der Waals surface area contributed by atoms with E-state index < -0.39 is 0 Å². The van der Waals surface area contributed by atoms with Gasteiger partial charge in [-0.3, -0.25) is 0 Å². The van der Waals surface area contributed by atoms with Gasteiger partial charge in [-0.1, -0.05) is 30.7 Å². The van der Waals surface area contributed by atoms with Crippen LogP contribution in [0.5, 0.6) is 0 Å². The van der Waals surface area contributed by atoms with Crippen LogP contribution in [-0.4, -0.2) is 11.2 Å². The monoisotopic (exact) mass is 224 g/mol. The van der Waals surface area contributed by atoms with Crippen molar-refractivity contribution >= 4 is 11.6 Å². The Bertz CT molecular complexity index is 316. The Hall–Kier alpha value is -0.530. The van der Waals surface area contributed by atoms with Crippen molar-refractivity contribution in [1.82, 2.24) is 0 Å². The number of aliphatic hydroxyl groups is 1. The minimum absolute atomic E-state index is 0.210. The van der Waals surface area contributed by atoms with E-state index in [9.17, 15) is 5.11 Å². The van der Waals surface area contributed by atoms with E-state index in [1.165, 1.54) is 18.4 Å². The summed E-state index contributed by atoms with van der Waals surface area (Å²) in [4.78, 5) is 0. The zero-order valence-electron chi connectivity index (χ0n) is 8.99. The standard InChI is InChI=1S/C13H17ClO/c1-9(11-4-5-11)13(15)8-10-2-6-12(14)7-3-10/h2-3,6-7,9,11,13,15H,4-5,8H2,1H3. The molecule has 1 aromatic rings. The molecule has 2 rings (SSSR count). The number of hydrogen-bond donors (Lipinski definition) is 1. The quantitative estimate of drug-likeness (QED) is 0.832. The van der Waals surface area contributed by atoms with Crippen molar-refractivity contribution in [3.63, 3.8) is 0 Å². The third kappa shape index (κ3) is 2.96. The Balaban J connectivity index is 1.92. The fourth-order valence-corrected chi connectivity index (χ4v) is 2.11. The summed E-state index contributed by atoms with van der Waals surface area (Å²) in [5.41, 5.74) is 1.17. The minimum atomic E-state index is -0.210. The maximum Gasteiger partial charge on any atom is 0.0608 e. The molecule has 0 radical (unpaired) electrons. The van der Waals surface area contributed by atoms with Gasteiger partial charge in [-0.15, -0.1) is 0 Å². The lowest BCUT2D eigenvalue weighted by molar-refractivity contribution is 0.105. The van der Waals surface area contributed by atoms with Gasteiger partial charge in [0.15, 0.2) is 0 Å². The summed E-state index contributed by atoms with van der Waals surface area (Å²) >= 11 is 5.81. The Morgan fingerprint density at radius 1 is 1.33 bits per heavy atom. The van der Waals surface area contributed by atoms with Gasteiger partial charge in [-0.05, 0) is 48.8 Å². The molecule has 0 bridgehead atoms. The second kappa shape index (κ2) is 4.54. The number of rotatable bonds is 4. The first-order chi connectivity index (χ1) is 7.16. The molecular formula is C13H17ClO. The van der Waals surface area contributed by atoms with Crippen LogP contribution in [0, 0.1) is 11.8 Å². The van der Waals surface area contributed by atoms with E-state index in [2.05, 4.69) is 6.92 Å². The van der Waals surface area contributed by atoms with Crippen molar-refractivity contribution in [2.45, 2.75) is 32.3 Å². The molecule has 1 aliphatic carbocycles. The molecule has 2 atom stereocenters. The van der Waals surface area contributed by atoms with Crippen LogP contribution in [0.4, 0.5) is 0 Å². The Morgan fingerprint density at radius 2 is 1.93 bits per heavy atom. The van der Waals surface area contributed by atoms with E-state index in [4.69, 9.17) is 11.6 Å². The highest BCUT2D eigenvalue weighted by Gasteiger charge is 2.32. The molecule has 0 saturated heterocycles. The summed E-state index contributed by atoms with van der Waals surface area (Å²) in [6, 6.07) is 7.74. The molecule has 0 aliphatic heterocycles. The SMILES string of the molecule is CC(C(O)Cc1ccc(Cl)cc1)C1CC1. The topological polar surface area (TPSA) is 20.2 Å². The maximum absolute atomic E-state index is 10.0. The largest absolute Gasteiger partial charge is 0.392 e. The Morgan fingerprint density at radius 3 is 2.47 bits per heavy atom. The third-order valence-electron chi connectivity index (χ3n) is 3.33. The van der Waals surface area contributed by atoms with Gasteiger partial charge in [0.1, 0.15) is 0 Å². The third-order valence-corrected chi connectivity index (χ3v) is 3.58. The van der Waals surface area contributed by atoms with Gasteiger partial charge in [-0.2, -0.15) is 0 Å². The van der Waals surface area contributed by atoms with E-state index in [0.29, 0.717) is 5.92 Å². The normalized spacial score (nSPS) is 19.9. The molecular weight excluding hydrogens is 208 g/mol. The van der Waals surface area contributed by atoms with E-state index in [0.717, 1.165) is 17.4 Å². The summed E-state index contributed by atoms with van der Waals surface area (Å²) in [6.07, 6.45) is 3.12. The highest BCUT2D eigenvalue weighted by molar-refractivity contribution is 6.30. The number of halogens is 1. The van der Waals surface area contributed by atoms with Gasteiger partial charge >= 0.3 is 0 Å². The predicted molar refractivity (Wildman–Crippen MR) is 63.1 cm³/mol. The highest BCUT2D eigenvalue weighted by Crippen LogP contribution is 2.38. The number of aliphatic hydroxyl groups excluding tert-OH is 1. The van der Waals surface area contributed by atoms with Crippen LogP contribution in [0.3, 0.4) is 0 Å². The molecule has 0 aromatic heterocycles. The first-order valence-electron chi connectivity index (χ1n) is 5.59. The van der Waals surface area contributed by atoms with Crippen LogP contribution in [0.25, 0.3) is 0 Å². The summed E-state index contributed by atoms with van der Waals surface area (Å²) in [5.74, 6) is 1.19. The zero-order chi connectivity index (χ0) is 10.8. The van der Waals surface area contributed by atoms with Gasteiger partial charge < -0.3 is 5.11 Å². The van der Waals surface area contributed by atoms with Crippen molar-refractivity contribution in [1.29, 1.82) is 0 Å². The summed E-state index contributed by atoms with van der Waals surface area (Å²) in [7, 11) is 0. The molecule has 1 fully saturated rings. The van der Waals surface area contributed by atoms with Crippen molar-refractivity contribution in [3.05, 3.63) is 34.9 Å². The van der Waals surface area contributed by atoms with Gasteiger partial charge in [-0.25, -0.2) is 0 Å². The highest BCUT2D eigenvalue weighted by atomic mass is 35.5. The summed E-state index contributed by atoms with van der Waals surface area (Å²) in [6.45, 7) is 2.15. The average molecular weight is 225 g/mol. The first kappa shape index (κ1) is 11.0. The molecule has 1 aliphatic rings. The zero-order valence-corrected chi connectivity index (χ0v) is 9.74. The molecule has 82 valence electrons. The molecule has 1 N–H and O–H groups in total. The van der Waals surface area contributed by atoms with Crippen LogP contribution in [0.1, 0.15) is 25.3 Å². The van der Waals surface area contributed by atoms with Crippen molar-refractivity contribution in [3.8, 4) is 0 Å². The molecule has 0 spiro atoms. The van der Waals surface area contributed by atoms with Crippen LogP contribution >= 0.6 is 11.6 Å². The second-order valence-electron chi connectivity index (χ2n) is 4.59. The Labute approximate surface area is 96.1 Å². The van der Waals surface area contributed by atoms with Crippen LogP contribution in [0.2, 0.25) is 5.02 Å². The van der Waals surface area contributed by atoms with Gasteiger partial charge in [0.05, 0.1) is 6.10 Å².